The maximum absolute atomic E-state index is 12.7. The monoisotopic (exact) mass is 396 g/mol. The molecule has 0 aliphatic carbocycles. The molecule has 1 aliphatic heterocycles. The topological polar surface area (TPSA) is 98.9 Å². The van der Waals surface area contributed by atoms with E-state index in [4.69, 9.17) is 15.2 Å². The molecule has 0 radical (unpaired) electrons. The number of nitrogens with two attached hydrogens (primary N) is 1. The highest BCUT2D eigenvalue weighted by Gasteiger charge is 2.43. The first kappa shape index (κ1) is 20.4. The highest BCUT2D eigenvalue weighted by atomic mass is 16.6. The van der Waals surface area contributed by atoms with Crippen LogP contribution in [0.25, 0.3) is 0 Å². The Bertz CT molecular complexity index is 913. The molecule has 2 atom stereocenters. The summed E-state index contributed by atoms with van der Waals surface area (Å²) in [5.74, 6) is -2.58. The van der Waals surface area contributed by atoms with Gasteiger partial charge in [-0.15, -0.1) is 0 Å². The van der Waals surface area contributed by atoms with Gasteiger partial charge >= 0.3 is 5.97 Å². The van der Waals surface area contributed by atoms with Crippen molar-refractivity contribution in [2.75, 3.05) is 18.1 Å². The van der Waals surface area contributed by atoms with Crippen LogP contribution in [-0.2, 0) is 25.7 Å². The van der Waals surface area contributed by atoms with Crippen LogP contribution in [0, 0.1) is 0 Å². The standard InChI is InChI=1S/C22H24N2O5/c1-3-28-18(25)13-29-17-11-7-10-16-20(17)19(21(26)22(23)27)14(2)24(16)12-15-8-5-4-6-9-15/h4-11,14,19H,3,12-13H2,1-2H3,(H2,23,27). The lowest BCUT2D eigenvalue weighted by molar-refractivity contribution is -0.145. The van der Waals surface area contributed by atoms with Crippen molar-refractivity contribution in [1.29, 1.82) is 0 Å². The van der Waals surface area contributed by atoms with E-state index >= 15 is 0 Å². The number of ether oxygens (including phenoxy) is 2. The van der Waals surface area contributed by atoms with Gasteiger partial charge in [-0.1, -0.05) is 36.4 Å². The first-order valence-electron chi connectivity index (χ1n) is 9.49. The molecule has 0 saturated heterocycles. The Kier molecular flexibility index (Phi) is 6.16. The number of fused-ring (bicyclic) bond motifs is 1. The molecule has 0 saturated carbocycles. The fraction of sp³-hybridized carbons (Fsp3) is 0.318. The van der Waals surface area contributed by atoms with E-state index in [0.717, 1.165) is 11.3 Å². The number of benzene rings is 2. The summed E-state index contributed by atoms with van der Waals surface area (Å²) in [5, 5.41) is 0. The average Bonchev–Trinajstić information content (AvgIpc) is 2.99. The zero-order valence-corrected chi connectivity index (χ0v) is 16.5. The van der Waals surface area contributed by atoms with Gasteiger partial charge in [0.05, 0.1) is 12.5 Å². The van der Waals surface area contributed by atoms with Crippen molar-refractivity contribution >= 4 is 23.3 Å². The number of carbonyl (C=O) groups excluding carboxylic acids is 3. The number of amides is 1. The molecule has 0 fully saturated rings. The van der Waals surface area contributed by atoms with E-state index in [0.29, 0.717) is 17.9 Å². The van der Waals surface area contributed by atoms with E-state index in [9.17, 15) is 14.4 Å². The van der Waals surface area contributed by atoms with E-state index in [2.05, 4.69) is 0 Å². The molecule has 2 unspecified atom stereocenters. The van der Waals surface area contributed by atoms with Gasteiger partial charge in [0.1, 0.15) is 5.75 Å². The number of nitrogens with zero attached hydrogens (tertiary/aromatic N) is 1. The van der Waals surface area contributed by atoms with Crippen LogP contribution in [-0.4, -0.2) is 36.9 Å². The summed E-state index contributed by atoms with van der Waals surface area (Å²) in [6.45, 7) is 4.11. The van der Waals surface area contributed by atoms with Crippen LogP contribution in [0.5, 0.6) is 5.75 Å². The average molecular weight is 396 g/mol. The van der Waals surface area contributed by atoms with Crippen molar-refractivity contribution in [2.24, 2.45) is 5.73 Å². The fourth-order valence-electron chi connectivity index (χ4n) is 3.71. The Morgan fingerprint density at radius 1 is 1.07 bits per heavy atom. The number of esters is 1. The molecule has 0 spiro atoms. The summed E-state index contributed by atoms with van der Waals surface area (Å²) in [7, 11) is 0. The zero-order chi connectivity index (χ0) is 21.0. The minimum Gasteiger partial charge on any atom is -0.482 e. The number of carbonyl (C=O) groups is 3. The molecule has 7 heteroatoms. The molecular formula is C22H24N2O5. The Morgan fingerprint density at radius 3 is 2.45 bits per heavy atom. The maximum Gasteiger partial charge on any atom is 0.344 e. The Morgan fingerprint density at radius 2 is 1.79 bits per heavy atom. The van der Waals surface area contributed by atoms with Crippen LogP contribution >= 0.6 is 0 Å². The highest BCUT2D eigenvalue weighted by Crippen LogP contribution is 2.47. The molecule has 1 heterocycles. The smallest absolute Gasteiger partial charge is 0.344 e. The maximum atomic E-state index is 12.7. The molecular weight excluding hydrogens is 372 g/mol. The number of primary amides is 1. The van der Waals surface area contributed by atoms with Crippen LogP contribution < -0.4 is 15.4 Å². The van der Waals surface area contributed by atoms with Gasteiger partial charge in [0.25, 0.3) is 5.91 Å². The van der Waals surface area contributed by atoms with E-state index < -0.39 is 23.6 Å². The third-order valence-corrected chi connectivity index (χ3v) is 5.01. The van der Waals surface area contributed by atoms with Gasteiger partial charge in [-0.25, -0.2) is 4.79 Å². The lowest BCUT2D eigenvalue weighted by Gasteiger charge is -2.26. The summed E-state index contributed by atoms with van der Waals surface area (Å²) in [6, 6.07) is 14.9. The second kappa shape index (κ2) is 8.77. The van der Waals surface area contributed by atoms with Gasteiger partial charge in [-0.2, -0.15) is 0 Å². The van der Waals surface area contributed by atoms with Crippen LogP contribution in [0.15, 0.2) is 48.5 Å². The highest BCUT2D eigenvalue weighted by molar-refractivity contribution is 6.38. The molecule has 2 N–H and O–H groups in total. The minimum atomic E-state index is -0.991. The summed E-state index contributed by atoms with van der Waals surface area (Å²) in [5.41, 5.74) is 7.74. The Balaban J connectivity index is 1.98. The number of hydrogen-bond donors (Lipinski definition) is 1. The third kappa shape index (κ3) is 4.23. The molecule has 152 valence electrons. The van der Waals surface area contributed by atoms with Gasteiger partial charge in [-0.3, -0.25) is 9.59 Å². The molecule has 2 aromatic carbocycles. The number of rotatable bonds is 8. The van der Waals surface area contributed by atoms with Crippen molar-refractivity contribution in [3.05, 3.63) is 59.7 Å². The summed E-state index contributed by atoms with van der Waals surface area (Å²) in [6.07, 6.45) is 0. The summed E-state index contributed by atoms with van der Waals surface area (Å²) >= 11 is 0. The summed E-state index contributed by atoms with van der Waals surface area (Å²) < 4.78 is 10.6. The minimum absolute atomic E-state index is 0.250. The largest absolute Gasteiger partial charge is 0.482 e. The Hall–Kier alpha value is -3.35. The van der Waals surface area contributed by atoms with Crippen LogP contribution in [0.3, 0.4) is 0 Å². The Labute approximate surface area is 169 Å². The molecule has 7 nitrogen and oxygen atoms in total. The van der Waals surface area contributed by atoms with E-state index in [1.807, 2.05) is 48.2 Å². The second-order valence-corrected chi connectivity index (χ2v) is 6.84. The van der Waals surface area contributed by atoms with Crippen LogP contribution in [0.2, 0.25) is 0 Å². The van der Waals surface area contributed by atoms with Gasteiger partial charge in [0, 0.05) is 23.8 Å². The number of hydrogen-bond acceptors (Lipinski definition) is 6. The van der Waals surface area contributed by atoms with Gasteiger partial charge in [0.15, 0.2) is 6.61 Å². The second-order valence-electron chi connectivity index (χ2n) is 6.84. The molecule has 29 heavy (non-hydrogen) atoms. The lowest BCUT2D eigenvalue weighted by atomic mass is 9.90. The molecule has 0 aromatic heterocycles. The number of anilines is 1. The van der Waals surface area contributed by atoms with Gasteiger partial charge in [0.2, 0.25) is 5.78 Å². The third-order valence-electron chi connectivity index (χ3n) is 5.01. The fourth-order valence-corrected chi connectivity index (χ4v) is 3.71. The number of ketones is 1. The van der Waals surface area contributed by atoms with Crippen molar-refractivity contribution in [2.45, 2.75) is 32.4 Å². The number of Topliss-reactive ketones (excluding diaryl/α,β-unsaturated/α-hetero) is 1. The summed E-state index contributed by atoms with van der Waals surface area (Å²) in [4.78, 5) is 38.1. The van der Waals surface area contributed by atoms with Crippen molar-refractivity contribution in [3.8, 4) is 5.75 Å². The van der Waals surface area contributed by atoms with Crippen LogP contribution in [0.1, 0.15) is 30.9 Å². The normalized spacial score (nSPS) is 17.5. The predicted octanol–water partition coefficient (Wildman–Crippen LogP) is 2.18. The molecule has 2 aromatic rings. The molecule has 0 bridgehead atoms. The van der Waals surface area contributed by atoms with E-state index in [1.54, 1.807) is 19.1 Å². The van der Waals surface area contributed by atoms with Crippen molar-refractivity contribution < 1.29 is 23.9 Å². The zero-order valence-electron chi connectivity index (χ0n) is 16.5. The van der Waals surface area contributed by atoms with E-state index in [-0.39, 0.29) is 19.3 Å². The van der Waals surface area contributed by atoms with E-state index in [1.165, 1.54) is 0 Å². The first-order valence-corrected chi connectivity index (χ1v) is 9.49. The van der Waals surface area contributed by atoms with Crippen LogP contribution in [0.4, 0.5) is 5.69 Å². The molecule has 1 aliphatic rings. The van der Waals surface area contributed by atoms with Crippen molar-refractivity contribution in [3.63, 3.8) is 0 Å². The SMILES string of the molecule is CCOC(=O)COc1cccc2c1C(C(=O)C(N)=O)C(C)N2Cc1ccccc1. The van der Waals surface area contributed by atoms with Crippen molar-refractivity contribution in [1.82, 2.24) is 0 Å². The van der Waals surface area contributed by atoms with Gasteiger partial charge in [-0.05, 0) is 31.5 Å². The molecule has 3 rings (SSSR count). The molecule has 1 amide bonds. The quantitative estimate of drug-likeness (QED) is 0.542. The lowest BCUT2D eigenvalue weighted by Crippen LogP contribution is -2.38. The predicted molar refractivity (Wildman–Crippen MR) is 108 cm³/mol. The van der Waals surface area contributed by atoms with Gasteiger partial charge < -0.3 is 20.1 Å². The first-order chi connectivity index (χ1) is 13.9.